The first-order valence-electron chi connectivity index (χ1n) is 6.02. The van der Waals surface area contributed by atoms with Crippen molar-refractivity contribution in [3.63, 3.8) is 0 Å². The van der Waals surface area contributed by atoms with E-state index in [1.54, 1.807) is 0 Å². The number of rotatable bonds is 1. The summed E-state index contributed by atoms with van der Waals surface area (Å²) < 4.78 is 0. The quantitative estimate of drug-likeness (QED) is 0.652. The highest BCUT2D eigenvalue weighted by molar-refractivity contribution is 5.20. The Morgan fingerprint density at radius 3 is 2.15 bits per heavy atom. The zero-order chi connectivity index (χ0) is 8.63. The molecule has 4 aliphatic carbocycles. The van der Waals surface area contributed by atoms with Crippen LogP contribution in [-0.4, -0.2) is 10.7 Å². The van der Waals surface area contributed by atoms with Gasteiger partial charge in [-0.15, -0.1) is 0 Å². The summed E-state index contributed by atoms with van der Waals surface area (Å²) in [5.74, 6) is 4.25. The fourth-order valence-corrected chi connectivity index (χ4v) is 4.67. The van der Waals surface area contributed by atoms with E-state index in [4.69, 9.17) is 0 Å². The summed E-state index contributed by atoms with van der Waals surface area (Å²) in [6.45, 7) is 0. The van der Waals surface area contributed by atoms with Gasteiger partial charge in [0.15, 0.2) is 0 Å². The lowest BCUT2D eigenvalue weighted by molar-refractivity contribution is 0.0405. The van der Waals surface area contributed by atoms with E-state index in [2.05, 4.69) is 0 Å². The fraction of sp³-hybridized carbons (Fsp3) is 1.00. The molecule has 4 atom stereocenters. The van der Waals surface area contributed by atoms with Gasteiger partial charge < -0.3 is 5.11 Å². The van der Waals surface area contributed by atoms with Crippen molar-refractivity contribution in [2.45, 2.75) is 44.1 Å². The zero-order valence-corrected chi connectivity index (χ0v) is 8.08. The second kappa shape index (κ2) is 1.98. The molecule has 4 aliphatic rings. The third-order valence-corrected chi connectivity index (χ3v) is 5.49. The van der Waals surface area contributed by atoms with Crippen LogP contribution in [0.5, 0.6) is 0 Å². The number of hydrogen-bond donors (Lipinski definition) is 1. The summed E-state index contributed by atoms with van der Waals surface area (Å²) in [5.41, 5.74) is -0.147. The summed E-state index contributed by atoms with van der Waals surface area (Å²) in [6, 6.07) is 0. The van der Waals surface area contributed by atoms with Gasteiger partial charge in [0.25, 0.3) is 0 Å². The second-order valence-corrected chi connectivity index (χ2v) is 5.96. The maximum absolute atomic E-state index is 10.5. The van der Waals surface area contributed by atoms with Gasteiger partial charge in [-0.2, -0.15) is 0 Å². The van der Waals surface area contributed by atoms with Gasteiger partial charge in [0, 0.05) is 0 Å². The Hall–Kier alpha value is -0.0400. The molecule has 1 N–H and O–H groups in total. The van der Waals surface area contributed by atoms with Gasteiger partial charge in [0.05, 0.1) is 5.60 Å². The predicted octanol–water partition coefficient (Wildman–Crippen LogP) is 2.19. The van der Waals surface area contributed by atoms with Crippen molar-refractivity contribution in [3.8, 4) is 0 Å². The van der Waals surface area contributed by atoms with Crippen molar-refractivity contribution in [1.29, 1.82) is 0 Å². The van der Waals surface area contributed by atoms with Crippen LogP contribution in [0.2, 0.25) is 0 Å². The summed E-state index contributed by atoms with van der Waals surface area (Å²) >= 11 is 0. The molecular weight excluding hydrogens is 160 g/mol. The summed E-state index contributed by atoms with van der Waals surface area (Å²) in [6.07, 6.45) is 8.27. The Bertz CT molecular complexity index is 240. The van der Waals surface area contributed by atoms with Crippen molar-refractivity contribution < 1.29 is 5.11 Å². The zero-order valence-electron chi connectivity index (χ0n) is 8.08. The maximum atomic E-state index is 10.5. The van der Waals surface area contributed by atoms with E-state index in [0.717, 1.165) is 23.7 Å². The highest BCUT2D eigenvalue weighted by atomic mass is 16.3. The fourth-order valence-electron chi connectivity index (χ4n) is 4.67. The Balaban J connectivity index is 1.56. The van der Waals surface area contributed by atoms with Gasteiger partial charge in [-0.05, 0) is 61.7 Å². The number of fused-ring (bicyclic) bond motifs is 2. The van der Waals surface area contributed by atoms with E-state index in [9.17, 15) is 5.11 Å². The lowest BCUT2D eigenvalue weighted by Gasteiger charge is -2.23. The molecule has 13 heavy (non-hydrogen) atoms. The molecule has 4 saturated carbocycles. The third-order valence-electron chi connectivity index (χ3n) is 5.49. The van der Waals surface area contributed by atoms with Crippen molar-refractivity contribution in [3.05, 3.63) is 0 Å². The van der Waals surface area contributed by atoms with Gasteiger partial charge in [0.2, 0.25) is 0 Å². The number of aliphatic hydroxyl groups is 1. The van der Waals surface area contributed by atoms with Gasteiger partial charge >= 0.3 is 0 Å². The van der Waals surface area contributed by atoms with E-state index in [-0.39, 0.29) is 5.60 Å². The highest BCUT2D eigenvalue weighted by Crippen LogP contribution is 2.70. The van der Waals surface area contributed by atoms with Gasteiger partial charge in [-0.25, -0.2) is 0 Å². The molecule has 0 aromatic carbocycles. The van der Waals surface area contributed by atoms with E-state index in [0.29, 0.717) is 5.92 Å². The van der Waals surface area contributed by atoms with Crippen LogP contribution < -0.4 is 0 Å². The van der Waals surface area contributed by atoms with Crippen LogP contribution >= 0.6 is 0 Å². The molecule has 0 aromatic heterocycles. The van der Waals surface area contributed by atoms with Crippen LogP contribution in [0, 0.1) is 29.6 Å². The smallest absolute Gasteiger partial charge is 0.0739 e. The Morgan fingerprint density at radius 1 is 0.923 bits per heavy atom. The molecule has 0 radical (unpaired) electrons. The lowest BCUT2D eigenvalue weighted by atomic mass is 9.89. The molecule has 0 bridgehead atoms. The molecule has 0 spiro atoms. The van der Waals surface area contributed by atoms with E-state index < -0.39 is 0 Å². The first-order chi connectivity index (χ1) is 6.30. The summed E-state index contributed by atoms with van der Waals surface area (Å²) in [7, 11) is 0. The van der Waals surface area contributed by atoms with Crippen molar-refractivity contribution >= 4 is 0 Å². The molecule has 72 valence electrons. The molecule has 0 heterocycles. The first kappa shape index (κ1) is 7.28. The molecule has 0 aliphatic heterocycles. The second-order valence-electron chi connectivity index (χ2n) is 5.96. The topological polar surface area (TPSA) is 20.2 Å². The largest absolute Gasteiger partial charge is 0.389 e. The van der Waals surface area contributed by atoms with Crippen LogP contribution in [0.15, 0.2) is 0 Å². The normalized spacial score (nSPS) is 67.6. The van der Waals surface area contributed by atoms with E-state index >= 15 is 0 Å². The molecule has 4 rings (SSSR count). The van der Waals surface area contributed by atoms with Crippen LogP contribution in [0.1, 0.15) is 38.5 Å². The van der Waals surface area contributed by atoms with Crippen LogP contribution in [0.4, 0.5) is 0 Å². The van der Waals surface area contributed by atoms with Crippen molar-refractivity contribution in [2.75, 3.05) is 0 Å². The van der Waals surface area contributed by atoms with Gasteiger partial charge in [-0.1, -0.05) is 6.42 Å². The summed E-state index contributed by atoms with van der Waals surface area (Å²) in [5, 5.41) is 10.5. The average molecular weight is 178 g/mol. The van der Waals surface area contributed by atoms with Crippen LogP contribution in [-0.2, 0) is 0 Å². The Morgan fingerprint density at radius 2 is 1.54 bits per heavy atom. The van der Waals surface area contributed by atoms with Crippen molar-refractivity contribution in [2.24, 2.45) is 29.6 Å². The molecule has 0 saturated heterocycles. The van der Waals surface area contributed by atoms with E-state index in [1.807, 2.05) is 0 Å². The molecule has 0 aromatic rings. The molecule has 1 heteroatoms. The minimum absolute atomic E-state index is 0.147. The Labute approximate surface area is 79.5 Å². The van der Waals surface area contributed by atoms with Gasteiger partial charge in [-0.3, -0.25) is 0 Å². The maximum Gasteiger partial charge on any atom is 0.0739 e. The minimum Gasteiger partial charge on any atom is -0.389 e. The SMILES string of the molecule is OC1(C2CC3CC3C2)C2CCCC21. The molecule has 4 unspecified atom stereocenters. The standard InChI is InChI=1S/C12H18O/c13-12(10-2-1-3-11(10)12)9-5-7-4-8(7)6-9/h7-11,13H,1-6H2. The predicted molar refractivity (Wildman–Crippen MR) is 50.1 cm³/mol. The monoisotopic (exact) mass is 178 g/mol. The number of hydrogen-bond acceptors (Lipinski definition) is 1. The Kier molecular flexibility index (Phi) is 1.11. The van der Waals surface area contributed by atoms with E-state index in [1.165, 1.54) is 38.5 Å². The third kappa shape index (κ3) is 0.743. The van der Waals surface area contributed by atoms with Gasteiger partial charge in [0.1, 0.15) is 0 Å². The average Bonchev–Trinajstić information content (AvgIpc) is 2.82. The van der Waals surface area contributed by atoms with Crippen molar-refractivity contribution in [1.82, 2.24) is 0 Å². The lowest BCUT2D eigenvalue weighted by Crippen LogP contribution is -2.26. The van der Waals surface area contributed by atoms with Crippen LogP contribution in [0.3, 0.4) is 0 Å². The highest BCUT2D eigenvalue weighted by Gasteiger charge is 2.70. The molecule has 1 nitrogen and oxygen atoms in total. The first-order valence-corrected chi connectivity index (χ1v) is 6.02. The minimum atomic E-state index is -0.147. The molecule has 4 fully saturated rings. The summed E-state index contributed by atoms with van der Waals surface area (Å²) in [4.78, 5) is 0. The molecule has 0 amide bonds. The van der Waals surface area contributed by atoms with Crippen LogP contribution in [0.25, 0.3) is 0 Å². The molecular formula is C12H18O.